The van der Waals surface area contributed by atoms with E-state index in [1.807, 2.05) is 6.07 Å². The van der Waals surface area contributed by atoms with Crippen LogP contribution in [0.2, 0.25) is 0 Å². The number of ether oxygens (including phenoxy) is 1. The van der Waals surface area contributed by atoms with E-state index in [0.29, 0.717) is 0 Å². The van der Waals surface area contributed by atoms with Crippen LogP contribution in [0.3, 0.4) is 0 Å². The van der Waals surface area contributed by atoms with Crippen molar-refractivity contribution in [3.8, 4) is 5.75 Å². The van der Waals surface area contributed by atoms with Crippen molar-refractivity contribution in [2.75, 3.05) is 7.11 Å². The van der Waals surface area contributed by atoms with Crippen molar-refractivity contribution in [2.24, 2.45) is 17.6 Å². The van der Waals surface area contributed by atoms with Crippen LogP contribution in [0.1, 0.15) is 31.2 Å². The Morgan fingerprint density at radius 2 is 2.29 bits per heavy atom. The smallest absolute Gasteiger partial charge is 0.119 e. The maximum atomic E-state index is 6.63. The molecule has 17 heavy (non-hydrogen) atoms. The summed E-state index contributed by atoms with van der Waals surface area (Å²) in [5.41, 5.74) is 8.00. The minimum Gasteiger partial charge on any atom is -0.497 e. The van der Waals surface area contributed by atoms with E-state index >= 15 is 0 Å². The molecule has 92 valence electrons. The number of methoxy groups -OCH3 is 1. The highest BCUT2D eigenvalue weighted by Crippen LogP contribution is 2.50. The normalized spacial score (nSPS) is 35.2. The predicted octanol–water partition coefficient (Wildman–Crippen LogP) is 2.76. The highest BCUT2D eigenvalue weighted by molar-refractivity contribution is 5.30. The van der Waals surface area contributed by atoms with E-state index in [4.69, 9.17) is 10.5 Å². The summed E-state index contributed by atoms with van der Waals surface area (Å²) in [6, 6.07) is 8.35. The van der Waals surface area contributed by atoms with Crippen LogP contribution < -0.4 is 10.5 Å². The van der Waals surface area contributed by atoms with E-state index in [2.05, 4.69) is 18.2 Å². The molecule has 2 bridgehead atoms. The Hall–Kier alpha value is -1.02. The van der Waals surface area contributed by atoms with E-state index in [1.54, 1.807) is 7.11 Å². The second-order valence-corrected chi connectivity index (χ2v) is 5.84. The van der Waals surface area contributed by atoms with Crippen molar-refractivity contribution in [2.45, 2.75) is 37.6 Å². The summed E-state index contributed by atoms with van der Waals surface area (Å²) < 4.78 is 5.27. The van der Waals surface area contributed by atoms with Crippen molar-refractivity contribution >= 4 is 0 Å². The highest BCUT2D eigenvalue weighted by Gasteiger charge is 2.48. The molecule has 0 aliphatic heterocycles. The quantitative estimate of drug-likeness (QED) is 0.868. The largest absolute Gasteiger partial charge is 0.497 e. The summed E-state index contributed by atoms with van der Waals surface area (Å²) in [7, 11) is 1.72. The van der Waals surface area contributed by atoms with Gasteiger partial charge in [0.25, 0.3) is 0 Å². The van der Waals surface area contributed by atoms with Crippen LogP contribution in [0, 0.1) is 11.8 Å². The lowest BCUT2D eigenvalue weighted by Gasteiger charge is -2.34. The summed E-state index contributed by atoms with van der Waals surface area (Å²) in [4.78, 5) is 0. The van der Waals surface area contributed by atoms with Crippen LogP contribution in [0.4, 0.5) is 0 Å². The Labute approximate surface area is 103 Å². The average Bonchev–Trinajstić information content (AvgIpc) is 2.88. The van der Waals surface area contributed by atoms with Gasteiger partial charge in [-0.1, -0.05) is 18.6 Å². The zero-order chi connectivity index (χ0) is 11.9. The van der Waals surface area contributed by atoms with E-state index in [0.717, 1.165) is 24.0 Å². The fourth-order valence-electron chi connectivity index (χ4n) is 3.87. The number of nitrogens with two attached hydrogens (primary N) is 1. The summed E-state index contributed by atoms with van der Waals surface area (Å²) in [5, 5.41) is 0. The van der Waals surface area contributed by atoms with Crippen molar-refractivity contribution < 1.29 is 4.74 Å². The molecule has 0 aromatic heterocycles. The summed E-state index contributed by atoms with van der Waals surface area (Å²) >= 11 is 0. The molecule has 2 fully saturated rings. The second-order valence-electron chi connectivity index (χ2n) is 5.84. The molecule has 2 aliphatic carbocycles. The van der Waals surface area contributed by atoms with Gasteiger partial charge >= 0.3 is 0 Å². The molecule has 0 saturated heterocycles. The molecule has 2 N–H and O–H groups in total. The van der Waals surface area contributed by atoms with Gasteiger partial charge in [0.1, 0.15) is 5.75 Å². The zero-order valence-corrected chi connectivity index (χ0v) is 10.5. The first kappa shape index (κ1) is 11.1. The lowest BCUT2D eigenvalue weighted by Crippen LogP contribution is -2.46. The second kappa shape index (κ2) is 4.02. The summed E-state index contributed by atoms with van der Waals surface area (Å²) in [6.07, 6.45) is 6.33. The van der Waals surface area contributed by atoms with E-state index < -0.39 is 0 Å². The predicted molar refractivity (Wildman–Crippen MR) is 69.1 cm³/mol. The molecule has 3 atom stereocenters. The van der Waals surface area contributed by atoms with Gasteiger partial charge in [-0.2, -0.15) is 0 Å². The fraction of sp³-hybridized carbons (Fsp3) is 0.600. The highest BCUT2D eigenvalue weighted by atomic mass is 16.5. The third-order valence-electron chi connectivity index (χ3n) is 4.69. The van der Waals surface area contributed by atoms with Gasteiger partial charge < -0.3 is 10.5 Å². The molecule has 2 aliphatic rings. The van der Waals surface area contributed by atoms with Crippen molar-refractivity contribution in [3.05, 3.63) is 29.8 Å². The first-order chi connectivity index (χ1) is 8.19. The molecule has 0 heterocycles. The Morgan fingerprint density at radius 3 is 2.94 bits per heavy atom. The maximum absolute atomic E-state index is 6.63. The number of fused-ring (bicyclic) bond motifs is 2. The third kappa shape index (κ3) is 1.95. The molecule has 2 heteroatoms. The number of rotatable bonds is 3. The van der Waals surface area contributed by atoms with Crippen LogP contribution >= 0.6 is 0 Å². The Balaban J connectivity index is 1.78. The van der Waals surface area contributed by atoms with Gasteiger partial charge in [0.2, 0.25) is 0 Å². The Kier molecular flexibility index (Phi) is 2.62. The minimum atomic E-state index is 0.0509. The van der Waals surface area contributed by atoms with E-state index in [9.17, 15) is 0 Å². The van der Waals surface area contributed by atoms with Gasteiger partial charge in [-0.15, -0.1) is 0 Å². The number of benzene rings is 1. The molecule has 1 aromatic carbocycles. The summed E-state index contributed by atoms with van der Waals surface area (Å²) in [6.45, 7) is 0. The number of hydrogen-bond donors (Lipinski definition) is 1. The van der Waals surface area contributed by atoms with E-state index in [-0.39, 0.29) is 5.54 Å². The Morgan fingerprint density at radius 1 is 1.41 bits per heavy atom. The molecule has 0 amide bonds. The maximum Gasteiger partial charge on any atom is 0.119 e. The van der Waals surface area contributed by atoms with Gasteiger partial charge in [0, 0.05) is 5.54 Å². The molecule has 2 saturated carbocycles. The molecule has 0 spiro atoms. The van der Waals surface area contributed by atoms with Gasteiger partial charge in [0.15, 0.2) is 0 Å². The molecule has 3 unspecified atom stereocenters. The molecule has 3 rings (SSSR count). The third-order valence-corrected chi connectivity index (χ3v) is 4.69. The van der Waals surface area contributed by atoms with E-state index in [1.165, 1.54) is 31.2 Å². The van der Waals surface area contributed by atoms with Gasteiger partial charge in [-0.05, 0) is 55.2 Å². The molecule has 1 aromatic rings. The van der Waals surface area contributed by atoms with Crippen LogP contribution in [0.15, 0.2) is 24.3 Å². The van der Waals surface area contributed by atoms with Crippen molar-refractivity contribution in [1.29, 1.82) is 0 Å². The SMILES string of the molecule is COc1cccc(CC2(N)CC3CCC2C3)c1. The van der Waals surface area contributed by atoms with Gasteiger partial charge in [0.05, 0.1) is 7.11 Å². The number of hydrogen-bond acceptors (Lipinski definition) is 2. The van der Waals surface area contributed by atoms with Crippen LogP contribution in [-0.4, -0.2) is 12.6 Å². The van der Waals surface area contributed by atoms with Crippen LogP contribution in [0.5, 0.6) is 5.75 Å². The first-order valence-electron chi connectivity index (χ1n) is 6.61. The minimum absolute atomic E-state index is 0.0509. The van der Waals surface area contributed by atoms with Crippen LogP contribution in [0.25, 0.3) is 0 Å². The molecule has 0 radical (unpaired) electrons. The summed E-state index contributed by atoms with van der Waals surface area (Å²) in [5.74, 6) is 2.59. The van der Waals surface area contributed by atoms with Crippen LogP contribution in [-0.2, 0) is 6.42 Å². The van der Waals surface area contributed by atoms with Crippen molar-refractivity contribution in [3.63, 3.8) is 0 Å². The van der Waals surface area contributed by atoms with Gasteiger partial charge in [-0.3, -0.25) is 0 Å². The monoisotopic (exact) mass is 231 g/mol. The lowest BCUT2D eigenvalue weighted by molar-refractivity contribution is 0.269. The zero-order valence-electron chi connectivity index (χ0n) is 10.5. The average molecular weight is 231 g/mol. The molecular formula is C15H21NO. The first-order valence-corrected chi connectivity index (χ1v) is 6.61. The van der Waals surface area contributed by atoms with Gasteiger partial charge in [-0.25, -0.2) is 0 Å². The Bertz CT molecular complexity index is 417. The molecule has 2 nitrogen and oxygen atoms in total. The standard InChI is InChI=1S/C15H21NO/c1-17-14-4-2-3-11(8-14)9-15(16)10-12-5-6-13(15)7-12/h2-4,8,12-13H,5-7,9-10,16H2,1H3. The molecular weight excluding hydrogens is 210 g/mol. The van der Waals surface area contributed by atoms with Crippen molar-refractivity contribution in [1.82, 2.24) is 0 Å². The fourth-order valence-corrected chi connectivity index (χ4v) is 3.87. The topological polar surface area (TPSA) is 35.2 Å². The lowest BCUT2D eigenvalue weighted by atomic mass is 9.77.